The average molecular weight is 704 g/mol. The van der Waals surface area contributed by atoms with Crippen LogP contribution in [0.25, 0.3) is 89.2 Å². The standard InChI is InChI=1S/C52H37N3/c1-52(2)46-22-10-21-43(49(46)45-28-27-35-12-6-7-20-44(35)50(45)52)40-17-8-15-38(30-40)39-16-9-18-41(31-39)48-32-47(54-51(55-48)37-13-4-3-5-14-37)36-25-23-34(24-26-36)42-19-11-29-53-33-42/h3-33H,1-2H3. The van der Waals surface area contributed by atoms with Gasteiger partial charge in [-0.1, -0.05) is 166 Å². The molecular formula is C52H37N3. The van der Waals surface area contributed by atoms with Crippen molar-refractivity contribution < 1.29 is 0 Å². The summed E-state index contributed by atoms with van der Waals surface area (Å²) in [5, 5.41) is 2.62. The number of rotatable bonds is 6. The number of pyridine rings is 1. The van der Waals surface area contributed by atoms with Gasteiger partial charge >= 0.3 is 0 Å². The Hall–Kier alpha value is -6.97. The van der Waals surface area contributed by atoms with Crippen LogP contribution in [-0.2, 0) is 5.41 Å². The van der Waals surface area contributed by atoms with Crippen LogP contribution in [0.2, 0.25) is 0 Å². The topological polar surface area (TPSA) is 38.7 Å². The molecule has 0 fully saturated rings. The van der Waals surface area contributed by atoms with Crippen LogP contribution in [0.5, 0.6) is 0 Å². The van der Waals surface area contributed by atoms with Crippen LogP contribution >= 0.6 is 0 Å². The highest BCUT2D eigenvalue weighted by Crippen LogP contribution is 2.54. The van der Waals surface area contributed by atoms with Crippen LogP contribution in [0.15, 0.2) is 188 Å². The lowest BCUT2D eigenvalue weighted by Crippen LogP contribution is -2.15. The van der Waals surface area contributed by atoms with Crippen LogP contribution in [-0.4, -0.2) is 15.0 Å². The van der Waals surface area contributed by atoms with Crippen molar-refractivity contribution in [3.05, 3.63) is 199 Å². The zero-order valence-corrected chi connectivity index (χ0v) is 30.7. The van der Waals surface area contributed by atoms with Crippen molar-refractivity contribution in [3.63, 3.8) is 0 Å². The predicted octanol–water partition coefficient (Wildman–Crippen LogP) is 13.3. The fourth-order valence-electron chi connectivity index (χ4n) is 8.44. The highest BCUT2D eigenvalue weighted by Gasteiger charge is 2.38. The molecule has 10 rings (SSSR count). The Labute approximate surface area is 321 Å². The number of hydrogen-bond acceptors (Lipinski definition) is 3. The lowest BCUT2D eigenvalue weighted by molar-refractivity contribution is 0.666. The number of hydrogen-bond donors (Lipinski definition) is 0. The third-order valence-corrected chi connectivity index (χ3v) is 11.2. The van der Waals surface area contributed by atoms with Crippen molar-refractivity contribution in [2.75, 3.05) is 0 Å². The first kappa shape index (κ1) is 32.7. The molecule has 7 aromatic carbocycles. The Kier molecular flexibility index (Phi) is 7.81. The van der Waals surface area contributed by atoms with Crippen LogP contribution in [0.1, 0.15) is 25.0 Å². The molecule has 0 atom stereocenters. The van der Waals surface area contributed by atoms with Gasteiger partial charge in [-0.2, -0.15) is 0 Å². The summed E-state index contributed by atoms with van der Waals surface area (Å²) in [5.41, 5.74) is 17.2. The zero-order valence-electron chi connectivity index (χ0n) is 30.7. The summed E-state index contributed by atoms with van der Waals surface area (Å²) in [6, 6.07) is 62.8. The molecule has 0 saturated carbocycles. The number of nitrogens with zero attached hydrogens (tertiary/aromatic N) is 3. The molecule has 1 aliphatic rings. The normalized spacial score (nSPS) is 12.7. The predicted molar refractivity (Wildman–Crippen MR) is 228 cm³/mol. The zero-order chi connectivity index (χ0) is 36.9. The largest absolute Gasteiger partial charge is 0.264 e. The molecule has 3 nitrogen and oxygen atoms in total. The Balaban J connectivity index is 1.05. The van der Waals surface area contributed by atoms with E-state index in [2.05, 4.69) is 170 Å². The Morgan fingerprint density at radius 3 is 1.84 bits per heavy atom. The van der Waals surface area contributed by atoms with E-state index in [1.807, 2.05) is 30.5 Å². The molecule has 260 valence electrons. The van der Waals surface area contributed by atoms with Gasteiger partial charge in [-0.3, -0.25) is 4.98 Å². The van der Waals surface area contributed by atoms with Crippen LogP contribution in [0, 0.1) is 0 Å². The van der Waals surface area contributed by atoms with Gasteiger partial charge in [-0.25, -0.2) is 9.97 Å². The summed E-state index contributed by atoms with van der Waals surface area (Å²) in [4.78, 5) is 14.5. The first-order valence-electron chi connectivity index (χ1n) is 18.8. The molecule has 0 unspecified atom stereocenters. The first-order chi connectivity index (χ1) is 27.0. The van der Waals surface area contributed by atoms with Crippen LogP contribution < -0.4 is 0 Å². The summed E-state index contributed by atoms with van der Waals surface area (Å²) in [7, 11) is 0. The van der Waals surface area contributed by atoms with Gasteiger partial charge in [0.15, 0.2) is 5.82 Å². The van der Waals surface area contributed by atoms with E-state index in [-0.39, 0.29) is 5.41 Å². The molecule has 0 aliphatic heterocycles. The molecule has 55 heavy (non-hydrogen) atoms. The minimum Gasteiger partial charge on any atom is -0.264 e. The molecule has 2 aromatic heterocycles. The molecule has 3 heteroatoms. The van der Waals surface area contributed by atoms with E-state index in [9.17, 15) is 0 Å². The Bertz CT molecular complexity index is 2870. The van der Waals surface area contributed by atoms with Gasteiger partial charge in [0.25, 0.3) is 0 Å². The van der Waals surface area contributed by atoms with E-state index in [0.29, 0.717) is 5.82 Å². The molecule has 0 spiro atoms. The summed E-state index contributed by atoms with van der Waals surface area (Å²) in [6.45, 7) is 4.74. The maximum absolute atomic E-state index is 5.14. The van der Waals surface area contributed by atoms with Gasteiger partial charge in [0.2, 0.25) is 0 Å². The van der Waals surface area contributed by atoms with Gasteiger partial charge in [0.1, 0.15) is 0 Å². The maximum atomic E-state index is 5.14. The number of aromatic nitrogens is 3. The fourth-order valence-corrected chi connectivity index (χ4v) is 8.44. The SMILES string of the molecule is CC1(C)c2cccc(-c3cccc(-c4cccc(-c5cc(-c6ccc(-c7cccnc7)cc6)nc(-c6ccccc6)n5)c4)c3)c2-c2ccc3ccccc3c21. The van der Waals surface area contributed by atoms with Gasteiger partial charge in [0.05, 0.1) is 11.4 Å². The fraction of sp³-hybridized carbons (Fsp3) is 0.0577. The molecule has 9 aromatic rings. The highest BCUT2D eigenvalue weighted by molar-refractivity contribution is 6.01. The van der Waals surface area contributed by atoms with E-state index in [1.54, 1.807) is 6.20 Å². The summed E-state index contributed by atoms with van der Waals surface area (Å²) in [5.74, 6) is 0.700. The number of fused-ring (bicyclic) bond motifs is 5. The lowest BCUT2D eigenvalue weighted by atomic mass is 9.80. The monoisotopic (exact) mass is 703 g/mol. The third-order valence-electron chi connectivity index (χ3n) is 11.2. The van der Waals surface area contributed by atoms with Crippen molar-refractivity contribution >= 4 is 10.8 Å². The molecule has 2 heterocycles. The van der Waals surface area contributed by atoms with Gasteiger partial charge < -0.3 is 0 Å². The minimum atomic E-state index is -0.107. The van der Waals surface area contributed by atoms with Crippen molar-refractivity contribution in [2.45, 2.75) is 19.3 Å². The van der Waals surface area contributed by atoms with E-state index < -0.39 is 0 Å². The Morgan fingerprint density at radius 2 is 1.05 bits per heavy atom. The summed E-state index contributed by atoms with van der Waals surface area (Å²) < 4.78 is 0. The second-order valence-electron chi connectivity index (χ2n) is 14.9. The first-order valence-corrected chi connectivity index (χ1v) is 18.8. The molecule has 0 radical (unpaired) electrons. The van der Waals surface area contributed by atoms with E-state index in [1.165, 1.54) is 44.2 Å². The number of benzene rings is 7. The lowest BCUT2D eigenvalue weighted by Gasteiger charge is -2.23. The van der Waals surface area contributed by atoms with Gasteiger partial charge in [-0.05, 0) is 90.7 Å². The third kappa shape index (κ3) is 5.73. The quantitative estimate of drug-likeness (QED) is 0.173. The van der Waals surface area contributed by atoms with Crippen molar-refractivity contribution in [3.8, 4) is 78.4 Å². The second kappa shape index (κ2) is 13.2. The molecule has 0 bridgehead atoms. The summed E-state index contributed by atoms with van der Waals surface area (Å²) in [6.07, 6.45) is 3.69. The van der Waals surface area contributed by atoms with Gasteiger partial charge in [-0.15, -0.1) is 0 Å². The molecule has 0 saturated heterocycles. The van der Waals surface area contributed by atoms with Crippen molar-refractivity contribution in [2.24, 2.45) is 0 Å². The molecular weight excluding hydrogens is 667 g/mol. The van der Waals surface area contributed by atoms with E-state index in [4.69, 9.17) is 9.97 Å². The average Bonchev–Trinajstić information content (AvgIpc) is 3.50. The van der Waals surface area contributed by atoms with Crippen molar-refractivity contribution in [1.29, 1.82) is 0 Å². The molecule has 1 aliphatic carbocycles. The van der Waals surface area contributed by atoms with Crippen LogP contribution in [0.3, 0.4) is 0 Å². The Morgan fingerprint density at radius 1 is 0.418 bits per heavy atom. The van der Waals surface area contributed by atoms with Crippen LogP contribution in [0.4, 0.5) is 0 Å². The summed E-state index contributed by atoms with van der Waals surface area (Å²) >= 11 is 0. The second-order valence-corrected chi connectivity index (χ2v) is 14.9. The highest BCUT2D eigenvalue weighted by atomic mass is 14.9. The minimum absolute atomic E-state index is 0.107. The smallest absolute Gasteiger partial charge is 0.160 e. The molecule has 0 amide bonds. The van der Waals surface area contributed by atoms with Gasteiger partial charge in [0, 0.05) is 34.5 Å². The maximum Gasteiger partial charge on any atom is 0.160 e. The van der Waals surface area contributed by atoms with Crippen molar-refractivity contribution in [1.82, 2.24) is 15.0 Å². The van der Waals surface area contributed by atoms with E-state index >= 15 is 0 Å². The molecule has 0 N–H and O–H groups in total. The van der Waals surface area contributed by atoms with E-state index in [0.717, 1.165) is 50.3 Å².